The van der Waals surface area contributed by atoms with E-state index in [4.69, 9.17) is 4.74 Å². The number of hydrogen-bond donors (Lipinski definition) is 1. The van der Waals surface area contributed by atoms with Crippen molar-refractivity contribution in [2.45, 2.75) is 26.8 Å². The molecule has 0 radical (unpaired) electrons. The second-order valence-electron chi connectivity index (χ2n) is 4.41. The number of likely N-dealkylation sites (N-methyl/N-ethyl adjacent to an activating group) is 1. The summed E-state index contributed by atoms with van der Waals surface area (Å²) in [5, 5.41) is 3.30. The second-order valence-corrected chi connectivity index (χ2v) is 4.41. The van der Waals surface area contributed by atoms with Crippen molar-refractivity contribution in [1.82, 2.24) is 10.2 Å². The first-order valence-corrected chi connectivity index (χ1v) is 5.76. The van der Waals surface area contributed by atoms with Crippen LogP contribution in [0.4, 0.5) is 0 Å². The molecule has 0 aliphatic carbocycles. The molecule has 1 rings (SSSR count). The monoisotopic (exact) mass is 200 g/mol. The molecule has 3 nitrogen and oxygen atoms in total. The van der Waals surface area contributed by atoms with Crippen LogP contribution in [0.3, 0.4) is 0 Å². The summed E-state index contributed by atoms with van der Waals surface area (Å²) >= 11 is 0. The van der Waals surface area contributed by atoms with Crippen LogP contribution in [0, 0.1) is 5.92 Å². The van der Waals surface area contributed by atoms with Crippen LogP contribution in [0.25, 0.3) is 0 Å². The van der Waals surface area contributed by atoms with Crippen LogP contribution in [0.5, 0.6) is 0 Å². The third-order valence-corrected chi connectivity index (χ3v) is 2.66. The summed E-state index contributed by atoms with van der Waals surface area (Å²) < 4.78 is 5.58. The van der Waals surface area contributed by atoms with Crippen molar-refractivity contribution in [3.05, 3.63) is 0 Å². The molecule has 1 saturated heterocycles. The Morgan fingerprint density at radius 3 is 2.57 bits per heavy atom. The molecule has 1 aliphatic heterocycles. The molecule has 0 aromatic carbocycles. The lowest BCUT2D eigenvalue weighted by Crippen LogP contribution is -2.57. The highest BCUT2D eigenvalue weighted by atomic mass is 16.5. The highest BCUT2D eigenvalue weighted by molar-refractivity contribution is 4.83. The third-order valence-electron chi connectivity index (χ3n) is 2.66. The molecule has 0 unspecified atom stereocenters. The Bertz CT molecular complexity index is 146. The van der Waals surface area contributed by atoms with Crippen molar-refractivity contribution in [3.63, 3.8) is 0 Å². The molecular weight excluding hydrogens is 176 g/mol. The number of rotatable bonds is 7. The maximum atomic E-state index is 5.58. The van der Waals surface area contributed by atoms with Gasteiger partial charge < -0.3 is 10.1 Å². The molecule has 1 fully saturated rings. The molecule has 3 heteroatoms. The van der Waals surface area contributed by atoms with Gasteiger partial charge in [-0.2, -0.15) is 0 Å². The average molecular weight is 200 g/mol. The molecule has 0 saturated carbocycles. The Balaban J connectivity index is 2.02. The van der Waals surface area contributed by atoms with E-state index in [-0.39, 0.29) is 0 Å². The Labute approximate surface area is 87.8 Å². The van der Waals surface area contributed by atoms with Gasteiger partial charge in [-0.1, -0.05) is 20.8 Å². The van der Waals surface area contributed by atoms with Crippen molar-refractivity contribution < 1.29 is 4.74 Å². The average Bonchev–Trinajstić information content (AvgIpc) is 2.06. The van der Waals surface area contributed by atoms with Crippen molar-refractivity contribution in [3.8, 4) is 0 Å². The van der Waals surface area contributed by atoms with Gasteiger partial charge in [-0.3, -0.25) is 4.90 Å². The van der Waals surface area contributed by atoms with Crippen LogP contribution < -0.4 is 5.32 Å². The van der Waals surface area contributed by atoms with E-state index in [2.05, 4.69) is 31.0 Å². The van der Waals surface area contributed by atoms with Crippen molar-refractivity contribution in [2.24, 2.45) is 5.92 Å². The molecule has 1 N–H and O–H groups in total. The molecule has 0 amide bonds. The van der Waals surface area contributed by atoms with Crippen molar-refractivity contribution in [2.75, 3.05) is 39.4 Å². The van der Waals surface area contributed by atoms with Gasteiger partial charge in [0, 0.05) is 32.3 Å². The van der Waals surface area contributed by atoms with Gasteiger partial charge in [0.15, 0.2) is 0 Å². The molecule has 84 valence electrons. The normalized spacial score (nSPS) is 17.8. The maximum Gasteiger partial charge on any atom is 0.0593 e. The van der Waals surface area contributed by atoms with Gasteiger partial charge in [-0.15, -0.1) is 0 Å². The summed E-state index contributed by atoms with van der Waals surface area (Å²) in [4.78, 5) is 2.50. The molecule has 1 heterocycles. The summed E-state index contributed by atoms with van der Waals surface area (Å²) in [6.45, 7) is 12.9. The zero-order chi connectivity index (χ0) is 10.4. The summed E-state index contributed by atoms with van der Waals surface area (Å²) in [6, 6.07) is 0.752. The van der Waals surface area contributed by atoms with E-state index >= 15 is 0 Å². The zero-order valence-corrected chi connectivity index (χ0v) is 9.75. The first-order valence-electron chi connectivity index (χ1n) is 5.76. The van der Waals surface area contributed by atoms with Crippen LogP contribution in [0.15, 0.2) is 0 Å². The Kier molecular flexibility index (Phi) is 5.45. The summed E-state index contributed by atoms with van der Waals surface area (Å²) in [5.74, 6) is 0.649. The van der Waals surface area contributed by atoms with E-state index in [0.29, 0.717) is 5.92 Å². The second kappa shape index (κ2) is 6.38. The first-order chi connectivity index (χ1) is 6.74. The molecule has 0 bridgehead atoms. The first kappa shape index (κ1) is 12.0. The summed E-state index contributed by atoms with van der Waals surface area (Å²) in [7, 11) is 0. The molecule has 0 atom stereocenters. The highest BCUT2D eigenvalue weighted by Crippen LogP contribution is 2.04. The van der Waals surface area contributed by atoms with Crippen LogP contribution in [0.1, 0.15) is 20.8 Å². The lowest BCUT2D eigenvalue weighted by Gasteiger charge is -2.37. The van der Waals surface area contributed by atoms with Gasteiger partial charge in [-0.05, 0) is 12.5 Å². The number of hydrogen-bond acceptors (Lipinski definition) is 3. The number of nitrogens with one attached hydrogen (secondary N) is 1. The van der Waals surface area contributed by atoms with E-state index < -0.39 is 0 Å². The standard InChI is InChI=1S/C11H24N2O/c1-4-13(11-7-12-8-11)5-6-14-9-10(2)3/h10-12H,4-9H2,1-3H3. The predicted octanol–water partition coefficient (Wildman–Crippen LogP) is 0.953. The fourth-order valence-electron chi connectivity index (χ4n) is 1.63. The van der Waals surface area contributed by atoms with E-state index in [1.807, 2.05) is 0 Å². The van der Waals surface area contributed by atoms with Crippen molar-refractivity contribution >= 4 is 0 Å². The quantitative estimate of drug-likeness (QED) is 0.619. The van der Waals surface area contributed by atoms with Crippen LogP contribution in [-0.2, 0) is 4.74 Å². The van der Waals surface area contributed by atoms with Gasteiger partial charge >= 0.3 is 0 Å². The minimum atomic E-state index is 0.649. The summed E-state index contributed by atoms with van der Waals surface area (Å²) in [6.07, 6.45) is 0. The topological polar surface area (TPSA) is 24.5 Å². The van der Waals surface area contributed by atoms with E-state index in [1.54, 1.807) is 0 Å². The Hall–Kier alpha value is -0.120. The minimum absolute atomic E-state index is 0.649. The minimum Gasteiger partial charge on any atom is -0.380 e. The van der Waals surface area contributed by atoms with Crippen LogP contribution in [-0.4, -0.2) is 50.3 Å². The predicted molar refractivity (Wildman–Crippen MR) is 59.6 cm³/mol. The molecule has 0 aromatic rings. The van der Waals surface area contributed by atoms with Gasteiger partial charge in [0.2, 0.25) is 0 Å². The molecular formula is C11H24N2O. The Morgan fingerprint density at radius 2 is 2.14 bits per heavy atom. The van der Waals surface area contributed by atoms with Gasteiger partial charge in [0.1, 0.15) is 0 Å². The molecule has 14 heavy (non-hydrogen) atoms. The van der Waals surface area contributed by atoms with E-state index in [0.717, 1.165) is 45.4 Å². The lowest BCUT2D eigenvalue weighted by molar-refractivity contribution is 0.0632. The Morgan fingerprint density at radius 1 is 1.43 bits per heavy atom. The zero-order valence-electron chi connectivity index (χ0n) is 9.75. The largest absolute Gasteiger partial charge is 0.380 e. The van der Waals surface area contributed by atoms with E-state index in [9.17, 15) is 0 Å². The fourth-order valence-corrected chi connectivity index (χ4v) is 1.63. The number of ether oxygens (including phenoxy) is 1. The van der Waals surface area contributed by atoms with Gasteiger partial charge in [-0.25, -0.2) is 0 Å². The molecule has 1 aliphatic rings. The summed E-state index contributed by atoms with van der Waals surface area (Å²) in [5.41, 5.74) is 0. The van der Waals surface area contributed by atoms with Crippen molar-refractivity contribution in [1.29, 1.82) is 0 Å². The molecule has 0 spiro atoms. The third kappa shape index (κ3) is 3.95. The number of nitrogens with zero attached hydrogens (tertiary/aromatic N) is 1. The van der Waals surface area contributed by atoms with Crippen LogP contribution >= 0.6 is 0 Å². The van der Waals surface area contributed by atoms with Crippen LogP contribution in [0.2, 0.25) is 0 Å². The smallest absolute Gasteiger partial charge is 0.0593 e. The maximum absolute atomic E-state index is 5.58. The SMILES string of the molecule is CCN(CCOCC(C)C)C1CNC1. The fraction of sp³-hybridized carbons (Fsp3) is 1.00. The van der Waals surface area contributed by atoms with E-state index in [1.165, 1.54) is 0 Å². The molecule has 0 aromatic heterocycles. The highest BCUT2D eigenvalue weighted by Gasteiger charge is 2.22. The van der Waals surface area contributed by atoms with Gasteiger partial charge in [0.05, 0.1) is 6.61 Å². The van der Waals surface area contributed by atoms with Gasteiger partial charge in [0.25, 0.3) is 0 Å². The lowest BCUT2D eigenvalue weighted by atomic mass is 10.1.